The van der Waals surface area contributed by atoms with E-state index in [-0.39, 0.29) is 24.6 Å². The molecule has 1 aromatic rings. The van der Waals surface area contributed by atoms with Crippen LogP contribution in [-0.4, -0.2) is 24.6 Å². The minimum absolute atomic E-state index is 0.0314. The lowest BCUT2D eigenvalue weighted by Gasteiger charge is -2.18. The molecule has 0 fully saturated rings. The van der Waals surface area contributed by atoms with E-state index >= 15 is 0 Å². The number of fused-ring (bicyclic) bond motifs is 1. The Labute approximate surface area is 131 Å². The van der Waals surface area contributed by atoms with Gasteiger partial charge in [0.05, 0.1) is 6.10 Å². The van der Waals surface area contributed by atoms with Gasteiger partial charge in [-0.25, -0.2) is 4.79 Å². The maximum atomic E-state index is 11.7. The van der Waals surface area contributed by atoms with Gasteiger partial charge in [-0.3, -0.25) is 4.79 Å². The summed E-state index contributed by atoms with van der Waals surface area (Å²) in [5.74, 6) is 0.769. The molecule has 2 rings (SSSR count). The highest BCUT2D eigenvalue weighted by molar-refractivity contribution is 5.94. The molecule has 1 aromatic carbocycles. The third kappa shape index (κ3) is 4.76. The van der Waals surface area contributed by atoms with Gasteiger partial charge in [-0.15, -0.1) is 0 Å². The predicted molar refractivity (Wildman–Crippen MR) is 83.9 cm³/mol. The van der Waals surface area contributed by atoms with Crippen LogP contribution >= 0.6 is 0 Å². The van der Waals surface area contributed by atoms with Crippen molar-refractivity contribution in [1.82, 2.24) is 0 Å². The molecule has 0 saturated heterocycles. The van der Waals surface area contributed by atoms with Crippen LogP contribution in [0.15, 0.2) is 18.2 Å². The number of amides is 1. The Morgan fingerprint density at radius 2 is 2.05 bits per heavy atom. The number of esters is 1. The molecule has 1 N–H and O–H groups in total. The minimum atomic E-state index is -0.362. The van der Waals surface area contributed by atoms with Crippen molar-refractivity contribution >= 4 is 17.6 Å². The molecule has 5 nitrogen and oxygen atoms in total. The van der Waals surface area contributed by atoms with E-state index in [0.29, 0.717) is 24.5 Å². The highest BCUT2D eigenvalue weighted by Gasteiger charge is 2.16. The van der Waals surface area contributed by atoms with E-state index in [9.17, 15) is 9.59 Å². The molecule has 0 bridgehead atoms. The van der Waals surface area contributed by atoms with E-state index in [1.54, 1.807) is 12.1 Å². The van der Waals surface area contributed by atoms with Crippen molar-refractivity contribution in [2.45, 2.75) is 46.1 Å². The Kier molecular flexibility index (Phi) is 5.41. The number of nitrogens with one attached hydrogen (secondary N) is 1. The van der Waals surface area contributed by atoms with Crippen LogP contribution in [0.2, 0.25) is 0 Å². The van der Waals surface area contributed by atoms with E-state index in [1.165, 1.54) is 0 Å². The SMILES string of the molecule is CC(C)CC(C)OC(=O)COc1ccc2c(c1)CCC(=O)N2. The van der Waals surface area contributed by atoms with E-state index < -0.39 is 0 Å². The summed E-state index contributed by atoms with van der Waals surface area (Å²) < 4.78 is 10.8. The fourth-order valence-corrected chi connectivity index (χ4v) is 2.56. The van der Waals surface area contributed by atoms with E-state index in [0.717, 1.165) is 17.7 Å². The summed E-state index contributed by atoms with van der Waals surface area (Å²) in [5.41, 5.74) is 1.84. The zero-order valence-corrected chi connectivity index (χ0v) is 13.3. The molecule has 0 spiro atoms. The zero-order chi connectivity index (χ0) is 16.1. The predicted octanol–water partition coefficient (Wildman–Crippen LogP) is 2.93. The van der Waals surface area contributed by atoms with Crippen molar-refractivity contribution < 1.29 is 19.1 Å². The van der Waals surface area contributed by atoms with Gasteiger partial charge in [0.25, 0.3) is 0 Å². The molecule has 1 atom stereocenters. The molecule has 1 amide bonds. The fourth-order valence-electron chi connectivity index (χ4n) is 2.56. The topological polar surface area (TPSA) is 64.6 Å². The lowest BCUT2D eigenvalue weighted by atomic mass is 10.0. The van der Waals surface area contributed by atoms with Gasteiger partial charge in [0.2, 0.25) is 5.91 Å². The number of hydrogen-bond donors (Lipinski definition) is 1. The number of anilines is 1. The number of benzene rings is 1. The van der Waals surface area contributed by atoms with Gasteiger partial charge in [-0.05, 0) is 49.4 Å². The van der Waals surface area contributed by atoms with Crippen LogP contribution in [-0.2, 0) is 20.7 Å². The third-order valence-corrected chi connectivity index (χ3v) is 3.46. The number of aryl methyl sites for hydroxylation is 1. The van der Waals surface area contributed by atoms with Gasteiger partial charge in [-0.1, -0.05) is 13.8 Å². The summed E-state index contributed by atoms with van der Waals surface area (Å²) in [6.45, 7) is 5.96. The maximum absolute atomic E-state index is 11.7. The van der Waals surface area contributed by atoms with E-state index in [2.05, 4.69) is 19.2 Å². The first-order valence-electron chi connectivity index (χ1n) is 7.69. The van der Waals surface area contributed by atoms with Gasteiger partial charge in [0, 0.05) is 12.1 Å². The third-order valence-electron chi connectivity index (χ3n) is 3.46. The van der Waals surface area contributed by atoms with E-state index in [1.807, 2.05) is 13.0 Å². The number of carbonyl (C=O) groups excluding carboxylic acids is 2. The quantitative estimate of drug-likeness (QED) is 0.821. The molecule has 0 radical (unpaired) electrons. The molecule has 1 unspecified atom stereocenters. The normalized spacial score (nSPS) is 15.0. The maximum Gasteiger partial charge on any atom is 0.344 e. The van der Waals surface area contributed by atoms with Crippen LogP contribution < -0.4 is 10.1 Å². The molecule has 22 heavy (non-hydrogen) atoms. The lowest BCUT2D eigenvalue weighted by molar-refractivity contribution is -0.151. The summed E-state index contributed by atoms with van der Waals surface area (Å²) in [6.07, 6.45) is 1.90. The molecule has 5 heteroatoms. The highest BCUT2D eigenvalue weighted by Crippen LogP contribution is 2.26. The first kappa shape index (κ1) is 16.3. The van der Waals surface area contributed by atoms with Gasteiger partial charge < -0.3 is 14.8 Å². The van der Waals surface area contributed by atoms with Crippen LogP contribution in [0.4, 0.5) is 5.69 Å². The smallest absolute Gasteiger partial charge is 0.344 e. The summed E-state index contributed by atoms with van der Waals surface area (Å²) in [5, 5.41) is 2.81. The second-order valence-corrected chi connectivity index (χ2v) is 6.09. The summed E-state index contributed by atoms with van der Waals surface area (Å²) in [4.78, 5) is 23.0. The van der Waals surface area contributed by atoms with Crippen LogP contribution in [0.5, 0.6) is 5.75 Å². The Bertz CT molecular complexity index is 554. The van der Waals surface area contributed by atoms with Crippen LogP contribution in [0, 0.1) is 5.92 Å². The van der Waals surface area contributed by atoms with Crippen molar-refractivity contribution in [3.8, 4) is 5.75 Å². The average Bonchev–Trinajstić information content (AvgIpc) is 2.44. The first-order chi connectivity index (χ1) is 10.4. The molecule has 1 aliphatic rings. The minimum Gasteiger partial charge on any atom is -0.482 e. The Morgan fingerprint density at radius 1 is 1.27 bits per heavy atom. The largest absolute Gasteiger partial charge is 0.482 e. The standard InChI is InChI=1S/C17H23NO4/c1-11(2)8-12(3)22-17(20)10-21-14-5-6-15-13(9-14)4-7-16(19)18-15/h5-6,9,11-12H,4,7-8,10H2,1-3H3,(H,18,19). The molecule has 0 aliphatic carbocycles. The van der Waals surface area contributed by atoms with Crippen molar-refractivity contribution in [3.63, 3.8) is 0 Å². The second-order valence-electron chi connectivity index (χ2n) is 6.09. The highest BCUT2D eigenvalue weighted by atomic mass is 16.6. The summed E-state index contributed by atoms with van der Waals surface area (Å²) >= 11 is 0. The van der Waals surface area contributed by atoms with Crippen molar-refractivity contribution in [2.75, 3.05) is 11.9 Å². The van der Waals surface area contributed by atoms with Crippen molar-refractivity contribution in [1.29, 1.82) is 0 Å². The van der Waals surface area contributed by atoms with Crippen LogP contribution in [0.1, 0.15) is 39.2 Å². The number of hydrogen-bond acceptors (Lipinski definition) is 4. The van der Waals surface area contributed by atoms with Crippen LogP contribution in [0.3, 0.4) is 0 Å². The van der Waals surface area contributed by atoms with E-state index in [4.69, 9.17) is 9.47 Å². The monoisotopic (exact) mass is 305 g/mol. The van der Waals surface area contributed by atoms with Crippen LogP contribution in [0.25, 0.3) is 0 Å². The molecule has 1 aliphatic heterocycles. The second kappa shape index (κ2) is 7.29. The fraction of sp³-hybridized carbons (Fsp3) is 0.529. The van der Waals surface area contributed by atoms with Crippen molar-refractivity contribution in [2.24, 2.45) is 5.92 Å². The first-order valence-corrected chi connectivity index (χ1v) is 7.69. The zero-order valence-electron chi connectivity index (χ0n) is 13.3. The molecule has 0 aromatic heterocycles. The lowest BCUT2D eigenvalue weighted by Crippen LogP contribution is -2.22. The average molecular weight is 305 g/mol. The van der Waals surface area contributed by atoms with Gasteiger partial charge in [0.1, 0.15) is 5.75 Å². The van der Waals surface area contributed by atoms with Gasteiger partial charge in [-0.2, -0.15) is 0 Å². The Morgan fingerprint density at radius 3 is 2.77 bits per heavy atom. The Balaban J connectivity index is 1.84. The molecule has 1 heterocycles. The number of ether oxygens (including phenoxy) is 2. The molecule has 120 valence electrons. The molecule has 0 saturated carbocycles. The van der Waals surface area contributed by atoms with Crippen molar-refractivity contribution in [3.05, 3.63) is 23.8 Å². The molecular formula is C17H23NO4. The summed E-state index contributed by atoms with van der Waals surface area (Å²) in [7, 11) is 0. The molecular weight excluding hydrogens is 282 g/mol. The van der Waals surface area contributed by atoms with Gasteiger partial charge in [0.15, 0.2) is 6.61 Å². The summed E-state index contributed by atoms with van der Waals surface area (Å²) in [6, 6.07) is 5.41. The van der Waals surface area contributed by atoms with Gasteiger partial charge >= 0.3 is 5.97 Å². The number of rotatable bonds is 6. The Hall–Kier alpha value is -2.04. The number of carbonyl (C=O) groups is 2.